The largest absolute Gasteiger partial charge is 0.392 e. The van der Waals surface area contributed by atoms with E-state index >= 15 is 0 Å². The maximum Gasteiger partial charge on any atom is 0.138 e. The quantitative estimate of drug-likeness (QED) is 0.819. The van der Waals surface area contributed by atoms with Gasteiger partial charge in [-0.05, 0) is 37.5 Å². The fraction of sp³-hybridized carbons (Fsp3) is 0.933. The lowest BCUT2D eigenvalue weighted by Crippen LogP contribution is -2.42. The Morgan fingerprint density at radius 1 is 1.18 bits per heavy atom. The fourth-order valence-electron chi connectivity index (χ4n) is 3.84. The van der Waals surface area contributed by atoms with Crippen LogP contribution in [0.4, 0.5) is 0 Å². The zero-order valence-electron chi connectivity index (χ0n) is 11.0. The summed E-state index contributed by atoms with van der Waals surface area (Å²) in [6.07, 6.45) is 9.58. The second kappa shape index (κ2) is 5.99. The van der Waals surface area contributed by atoms with Gasteiger partial charge < -0.3 is 5.11 Å². The summed E-state index contributed by atoms with van der Waals surface area (Å²) in [4.78, 5) is 12.1. The number of carbonyl (C=O) groups excluding carboxylic acids is 1. The summed E-state index contributed by atoms with van der Waals surface area (Å²) in [7, 11) is 0. The molecule has 17 heavy (non-hydrogen) atoms. The van der Waals surface area contributed by atoms with E-state index in [-0.39, 0.29) is 12.0 Å². The number of aliphatic hydroxyl groups is 1. The summed E-state index contributed by atoms with van der Waals surface area (Å²) >= 11 is 0. The van der Waals surface area contributed by atoms with Crippen molar-refractivity contribution in [3.63, 3.8) is 0 Å². The molecule has 0 aromatic heterocycles. The van der Waals surface area contributed by atoms with Crippen LogP contribution in [0, 0.1) is 17.8 Å². The lowest BCUT2D eigenvalue weighted by Gasteiger charge is -2.38. The van der Waals surface area contributed by atoms with Gasteiger partial charge in [0.05, 0.1) is 6.10 Å². The first-order chi connectivity index (χ1) is 8.24. The zero-order chi connectivity index (χ0) is 12.3. The average Bonchev–Trinajstić information content (AvgIpc) is 2.38. The van der Waals surface area contributed by atoms with Gasteiger partial charge in [0, 0.05) is 12.3 Å². The molecule has 2 aliphatic rings. The molecule has 0 radical (unpaired) electrons. The third-order valence-corrected chi connectivity index (χ3v) is 4.90. The van der Waals surface area contributed by atoms with Crippen molar-refractivity contribution < 1.29 is 9.90 Å². The van der Waals surface area contributed by atoms with E-state index in [1.807, 2.05) is 0 Å². The molecule has 0 aliphatic heterocycles. The zero-order valence-corrected chi connectivity index (χ0v) is 11.0. The van der Waals surface area contributed by atoms with Crippen LogP contribution in [0.2, 0.25) is 0 Å². The summed E-state index contributed by atoms with van der Waals surface area (Å²) in [6.45, 7) is 2.16. The number of ketones is 1. The van der Waals surface area contributed by atoms with Crippen molar-refractivity contribution in [2.75, 3.05) is 0 Å². The molecule has 2 heteroatoms. The first-order valence-electron chi connectivity index (χ1n) is 7.44. The highest BCUT2D eigenvalue weighted by atomic mass is 16.3. The summed E-state index contributed by atoms with van der Waals surface area (Å²) in [6, 6.07) is 0. The Morgan fingerprint density at radius 2 is 1.88 bits per heavy atom. The number of Topliss-reactive ketones (excluding diaryl/α,β-unsaturated/α-hetero) is 1. The first kappa shape index (κ1) is 13.1. The van der Waals surface area contributed by atoms with E-state index in [0.717, 1.165) is 32.1 Å². The van der Waals surface area contributed by atoms with Crippen molar-refractivity contribution in [2.24, 2.45) is 17.8 Å². The van der Waals surface area contributed by atoms with Crippen LogP contribution < -0.4 is 0 Å². The van der Waals surface area contributed by atoms with Gasteiger partial charge in [0.15, 0.2) is 0 Å². The van der Waals surface area contributed by atoms with Gasteiger partial charge in [-0.15, -0.1) is 0 Å². The molecule has 2 rings (SSSR count). The lowest BCUT2D eigenvalue weighted by atomic mass is 9.69. The van der Waals surface area contributed by atoms with Crippen molar-refractivity contribution in [1.29, 1.82) is 0 Å². The highest BCUT2D eigenvalue weighted by Gasteiger charge is 2.39. The maximum atomic E-state index is 12.1. The molecule has 0 spiro atoms. The minimum atomic E-state index is -0.354. The van der Waals surface area contributed by atoms with E-state index in [9.17, 15) is 9.90 Å². The van der Waals surface area contributed by atoms with Crippen LogP contribution in [0.15, 0.2) is 0 Å². The van der Waals surface area contributed by atoms with Crippen molar-refractivity contribution in [3.8, 4) is 0 Å². The molecule has 3 atom stereocenters. The Balaban J connectivity index is 2.03. The molecular weight excluding hydrogens is 212 g/mol. The Bertz CT molecular complexity index is 256. The number of hydrogen-bond donors (Lipinski definition) is 1. The molecule has 2 nitrogen and oxygen atoms in total. The molecule has 0 unspecified atom stereocenters. The third-order valence-electron chi connectivity index (χ3n) is 4.90. The van der Waals surface area contributed by atoms with E-state index in [1.165, 1.54) is 19.3 Å². The minimum absolute atomic E-state index is 0.0446. The second-order valence-corrected chi connectivity index (χ2v) is 5.94. The van der Waals surface area contributed by atoms with Gasteiger partial charge in [0.25, 0.3) is 0 Å². The smallest absolute Gasteiger partial charge is 0.138 e. The Hall–Kier alpha value is -0.370. The number of rotatable bonds is 3. The molecule has 2 aliphatic carbocycles. The van der Waals surface area contributed by atoms with Gasteiger partial charge in [-0.3, -0.25) is 4.79 Å². The molecule has 2 saturated carbocycles. The molecule has 0 aromatic carbocycles. The van der Waals surface area contributed by atoms with Crippen LogP contribution in [0.25, 0.3) is 0 Å². The van der Waals surface area contributed by atoms with E-state index < -0.39 is 0 Å². The predicted molar refractivity (Wildman–Crippen MR) is 68.7 cm³/mol. The van der Waals surface area contributed by atoms with E-state index in [4.69, 9.17) is 0 Å². The number of aliphatic hydroxyl groups excluding tert-OH is 1. The van der Waals surface area contributed by atoms with Crippen LogP contribution in [-0.2, 0) is 4.79 Å². The van der Waals surface area contributed by atoms with Crippen LogP contribution >= 0.6 is 0 Å². The van der Waals surface area contributed by atoms with Crippen LogP contribution in [0.5, 0.6) is 0 Å². The highest BCUT2D eigenvalue weighted by Crippen LogP contribution is 2.38. The van der Waals surface area contributed by atoms with Gasteiger partial charge >= 0.3 is 0 Å². The fourth-order valence-corrected chi connectivity index (χ4v) is 3.84. The lowest BCUT2D eigenvalue weighted by molar-refractivity contribution is -0.134. The van der Waals surface area contributed by atoms with E-state index in [1.54, 1.807) is 0 Å². The van der Waals surface area contributed by atoms with Gasteiger partial charge in [-0.1, -0.05) is 32.6 Å². The summed E-state index contributed by atoms with van der Waals surface area (Å²) in [5.41, 5.74) is 0. The maximum absolute atomic E-state index is 12.1. The first-order valence-corrected chi connectivity index (χ1v) is 7.44. The predicted octanol–water partition coefficient (Wildman–Crippen LogP) is 3.32. The van der Waals surface area contributed by atoms with Gasteiger partial charge in [-0.2, -0.15) is 0 Å². The van der Waals surface area contributed by atoms with Crippen LogP contribution in [0.1, 0.15) is 64.7 Å². The van der Waals surface area contributed by atoms with Crippen LogP contribution in [0.3, 0.4) is 0 Å². The molecular formula is C15H26O2. The van der Waals surface area contributed by atoms with Crippen molar-refractivity contribution in [1.82, 2.24) is 0 Å². The van der Waals surface area contributed by atoms with Crippen molar-refractivity contribution >= 4 is 5.78 Å². The Labute approximate surface area is 105 Å². The standard InChI is InChI=1S/C15H26O2/c1-2-11-9-6-10-13(16)14(11)15(17)12-7-4-3-5-8-12/h11-12,14-15,17H,2-10H2,1H3/t11-,14-,15+/m1/s1. The molecule has 1 N–H and O–H groups in total. The summed E-state index contributed by atoms with van der Waals surface area (Å²) < 4.78 is 0. The van der Waals surface area contributed by atoms with Crippen molar-refractivity contribution in [2.45, 2.75) is 70.8 Å². The molecule has 0 aromatic rings. The Morgan fingerprint density at radius 3 is 2.53 bits per heavy atom. The molecule has 0 bridgehead atoms. The van der Waals surface area contributed by atoms with Gasteiger partial charge in [0.2, 0.25) is 0 Å². The summed E-state index contributed by atoms with van der Waals surface area (Å²) in [5.74, 6) is 1.12. The number of hydrogen-bond acceptors (Lipinski definition) is 2. The van der Waals surface area contributed by atoms with Gasteiger partial charge in [0.1, 0.15) is 5.78 Å². The Kier molecular flexibility index (Phi) is 4.61. The molecule has 0 saturated heterocycles. The van der Waals surface area contributed by atoms with Crippen molar-refractivity contribution in [3.05, 3.63) is 0 Å². The molecule has 0 heterocycles. The minimum Gasteiger partial charge on any atom is -0.392 e. The number of carbonyl (C=O) groups is 1. The summed E-state index contributed by atoms with van der Waals surface area (Å²) in [5, 5.41) is 10.5. The highest BCUT2D eigenvalue weighted by molar-refractivity contribution is 5.82. The second-order valence-electron chi connectivity index (χ2n) is 5.94. The molecule has 2 fully saturated rings. The van der Waals surface area contributed by atoms with Gasteiger partial charge in [-0.25, -0.2) is 0 Å². The average molecular weight is 238 g/mol. The van der Waals surface area contributed by atoms with E-state index in [0.29, 0.717) is 24.0 Å². The third kappa shape index (κ3) is 2.90. The SMILES string of the molecule is CC[C@@H]1CCCC(=O)[C@@H]1[C@@H](O)C1CCCCC1. The van der Waals surface area contributed by atoms with Crippen LogP contribution in [-0.4, -0.2) is 17.0 Å². The monoisotopic (exact) mass is 238 g/mol. The van der Waals surface area contributed by atoms with E-state index in [2.05, 4.69) is 6.92 Å². The topological polar surface area (TPSA) is 37.3 Å². The molecule has 0 amide bonds. The normalized spacial score (nSPS) is 33.6. The molecule has 98 valence electrons.